The number of hydrogen-bond donors (Lipinski definition) is 2. The number of methoxy groups -OCH3 is 2. The van der Waals surface area contributed by atoms with E-state index >= 15 is 0 Å². The first-order valence-corrected chi connectivity index (χ1v) is 7.20. The minimum atomic E-state index is -0.372. The van der Waals surface area contributed by atoms with Crippen molar-refractivity contribution < 1.29 is 29.2 Å². The summed E-state index contributed by atoms with van der Waals surface area (Å²) < 4.78 is 15.7. The lowest BCUT2D eigenvalue weighted by Crippen LogP contribution is -2.19. The minimum absolute atomic E-state index is 0.0110. The maximum Gasteiger partial charge on any atom is 0.204 e. The van der Waals surface area contributed by atoms with E-state index < -0.39 is 0 Å². The Balaban J connectivity index is 2.01. The number of ketones is 1. The molecule has 0 bridgehead atoms. The van der Waals surface area contributed by atoms with Crippen LogP contribution < -0.4 is 14.2 Å². The Kier molecular flexibility index (Phi) is 4.04. The standard InChI is InChI=1S/C18H16O6/c1-22-12-5-3-10(4-6-12)7-11-9-24-18-15(16(11)21)13(19)8-14(20)17(18)23-2/h3-8,19-20H,9H2,1-2H3/b11-7+. The molecule has 0 radical (unpaired) electrons. The van der Waals surface area contributed by atoms with Crippen LogP contribution in [0.15, 0.2) is 35.9 Å². The van der Waals surface area contributed by atoms with Gasteiger partial charge in [0.2, 0.25) is 5.75 Å². The average Bonchev–Trinajstić information content (AvgIpc) is 2.58. The van der Waals surface area contributed by atoms with E-state index in [4.69, 9.17) is 14.2 Å². The minimum Gasteiger partial charge on any atom is -0.507 e. The van der Waals surface area contributed by atoms with Crippen molar-refractivity contribution in [1.29, 1.82) is 0 Å². The fourth-order valence-electron chi connectivity index (χ4n) is 2.55. The van der Waals surface area contributed by atoms with Gasteiger partial charge in [-0.05, 0) is 23.8 Å². The van der Waals surface area contributed by atoms with Crippen LogP contribution in [0.25, 0.3) is 6.08 Å². The van der Waals surface area contributed by atoms with Gasteiger partial charge in [0, 0.05) is 11.6 Å². The smallest absolute Gasteiger partial charge is 0.204 e. The lowest BCUT2D eigenvalue weighted by molar-refractivity contribution is 0.0995. The van der Waals surface area contributed by atoms with E-state index in [1.807, 2.05) is 12.1 Å². The molecule has 0 unspecified atom stereocenters. The summed E-state index contributed by atoms with van der Waals surface area (Å²) in [7, 11) is 2.93. The summed E-state index contributed by atoms with van der Waals surface area (Å²) in [6.45, 7) is 0.0110. The van der Waals surface area contributed by atoms with Gasteiger partial charge in [0.05, 0.1) is 14.2 Å². The lowest BCUT2D eigenvalue weighted by atomic mass is 9.96. The molecule has 0 spiro atoms. The predicted molar refractivity (Wildman–Crippen MR) is 87.1 cm³/mol. The third kappa shape index (κ3) is 2.62. The molecule has 6 nitrogen and oxygen atoms in total. The summed E-state index contributed by atoms with van der Waals surface area (Å²) in [6.07, 6.45) is 1.68. The van der Waals surface area contributed by atoms with Gasteiger partial charge in [-0.2, -0.15) is 0 Å². The van der Waals surface area contributed by atoms with Crippen LogP contribution in [0.4, 0.5) is 0 Å². The van der Waals surface area contributed by atoms with Gasteiger partial charge < -0.3 is 24.4 Å². The van der Waals surface area contributed by atoms with Gasteiger partial charge in [-0.25, -0.2) is 0 Å². The Labute approximate surface area is 138 Å². The number of rotatable bonds is 3. The Bertz CT molecular complexity index is 820. The largest absolute Gasteiger partial charge is 0.507 e. The third-order valence-electron chi connectivity index (χ3n) is 3.75. The molecule has 0 aliphatic carbocycles. The van der Waals surface area contributed by atoms with E-state index in [1.54, 1.807) is 25.3 Å². The summed E-state index contributed by atoms with van der Waals surface area (Å²) in [6, 6.07) is 8.26. The number of benzene rings is 2. The normalized spacial score (nSPS) is 14.9. The molecule has 2 N–H and O–H groups in total. The molecule has 0 saturated carbocycles. The van der Waals surface area contributed by atoms with Gasteiger partial charge in [-0.15, -0.1) is 0 Å². The molecule has 0 atom stereocenters. The van der Waals surface area contributed by atoms with Gasteiger partial charge in [0.25, 0.3) is 0 Å². The highest BCUT2D eigenvalue weighted by atomic mass is 16.5. The van der Waals surface area contributed by atoms with E-state index in [1.165, 1.54) is 7.11 Å². The van der Waals surface area contributed by atoms with Gasteiger partial charge in [0.1, 0.15) is 23.7 Å². The van der Waals surface area contributed by atoms with Gasteiger partial charge in [-0.3, -0.25) is 4.79 Å². The predicted octanol–water partition coefficient (Wildman–Crippen LogP) is 2.77. The van der Waals surface area contributed by atoms with Crippen LogP contribution in [0.2, 0.25) is 0 Å². The van der Waals surface area contributed by atoms with E-state index in [0.29, 0.717) is 11.3 Å². The van der Waals surface area contributed by atoms with Crippen LogP contribution in [0, 0.1) is 0 Å². The van der Waals surface area contributed by atoms with Crippen LogP contribution in [0.3, 0.4) is 0 Å². The van der Waals surface area contributed by atoms with Crippen LogP contribution in [0.1, 0.15) is 15.9 Å². The molecule has 0 amide bonds. The molecule has 1 aliphatic rings. The highest BCUT2D eigenvalue weighted by Crippen LogP contribution is 2.47. The summed E-state index contributed by atoms with van der Waals surface area (Å²) in [5.74, 6) is -0.223. The zero-order chi connectivity index (χ0) is 17.3. The number of fused-ring (bicyclic) bond motifs is 1. The summed E-state index contributed by atoms with van der Waals surface area (Å²) in [4.78, 5) is 12.7. The maximum absolute atomic E-state index is 12.7. The first-order valence-electron chi connectivity index (χ1n) is 7.20. The fourth-order valence-corrected chi connectivity index (χ4v) is 2.55. The van der Waals surface area contributed by atoms with Crippen LogP contribution >= 0.6 is 0 Å². The molecule has 1 aliphatic heterocycles. The molecular formula is C18H16O6. The number of phenolic OH excluding ortho intramolecular Hbond substituents is 2. The topological polar surface area (TPSA) is 85.2 Å². The van der Waals surface area contributed by atoms with Crippen LogP contribution in [-0.2, 0) is 0 Å². The van der Waals surface area contributed by atoms with Crippen molar-refractivity contribution in [2.75, 3.05) is 20.8 Å². The highest BCUT2D eigenvalue weighted by Gasteiger charge is 2.31. The first-order chi connectivity index (χ1) is 11.5. The van der Waals surface area contributed by atoms with E-state index in [0.717, 1.165) is 11.6 Å². The second-order valence-corrected chi connectivity index (χ2v) is 5.21. The Morgan fingerprint density at radius 1 is 1.08 bits per heavy atom. The first kappa shape index (κ1) is 15.7. The number of Topliss-reactive ketones (excluding diaryl/α,β-unsaturated/α-hetero) is 1. The highest BCUT2D eigenvalue weighted by molar-refractivity contribution is 6.16. The molecule has 0 aromatic heterocycles. The summed E-state index contributed by atoms with van der Waals surface area (Å²) in [5, 5.41) is 19.8. The van der Waals surface area contributed by atoms with Crippen molar-refractivity contribution >= 4 is 11.9 Å². The van der Waals surface area contributed by atoms with E-state index in [9.17, 15) is 15.0 Å². The molecule has 2 aromatic carbocycles. The monoisotopic (exact) mass is 328 g/mol. The fraction of sp³-hybridized carbons (Fsp3) is 0.167. The summed E-state index contributed by atoms with van der Waals surface area (Å²) >= 11 is 0. The Morgan fingerprint density at radius 2 is 1.79 bits per heavy atom. The Morgan fingerprint density at radius 3 is 2.42 bits per heavy atom. The van der Waals surface area contributed by atoms with Gasteiger partial charge >= 0.3 is 0 Å². The van der Waals surface area contributed by atoms with Crippen molar-refractivity contribution in [1.82, 2.24) is 0 Å². The van der Waals surface area contributed by atoms with Crippen LogP contribution in [0.5, 0.6) is 28.7 Å². The van der Waals surface area contributed by atoms with E-state index in [-0.39, 0.29) is 41.0 Å². The molecule has 0 fully saturated rings. The second-order valence-electron chi connectivity index (χ2n) is 5.21. The lowest BCUT2D eigenvalue weighted by Gasteiger charge is -2.22. The number of aromatic hydroxyl groups is 2. The van der Waals surface area contributed by atoms with Gasteiger partial charge in [0.15, 0.2) is 17.3 Å². The number of hydrogen-bond acceptors (Lipinski definition) is 6. The molecule has 1 heterocycles. The SMILES string of the molecule is COc1ccc(/C=C2\COc3c(OC)c(O)cc(O)c3C2=O)cc1. The number of carbonyl (C=O) groups is 1. The molecule has 6 heteroatoms. The quantitative estimate of drug-likeness (QED) is 0.843. The molecule has 24 heavy (non-hydrogen) atoms. The van der Waals surface area contributed by atoms with Crippen molar-refractivity contribution in [2.45, 2.75) is 0 Å². The molecular weight excluding hydrogens is 312 g/mol. The van der Waals surface area contributed by atoms with Crippen LogP contribution in [-0.4, -0.2) is 36.8 Å². The average molecular weight is 328 g/mol. The Hall–Kier alpha value is -3.15. The van der Waals surface area contributed by atoms with Crippen molar-refractivity contribution in [3.05, 3.63) is 47.0 Å². The second kappa shape index (κ2) is 6.16. The molecule has 124 valence electrons. The third-order valence-corrected chi connectivity index (χ3v) is 3.75. The van der Waals surface area contributed by atoms with E-state index in [2.05, 4.69) is 0 Å². The number of ether oxygens (including phenoxy) is 3. The number of phenols is 2. The summed E-state index contributed by atoms with van der Waals surface area (Å²) in [5.41, 5.74) is 1.17. The zero-order valence-corrected chi connectivity index (χ0v) is 13.2. The maximum atomic E-state index is 12.7. The molecule has 0 saturated heterocycles. The molecule has 2 aromatic rings. The molecule has 3 rings (SSSR count). The van der Waals surface area contributed by atoms with Crippen molar-refractivity contribution in [2.24, 2.45) is 0 Å². The van der Waals surface area contributed by atoms with Gasteiger partial charge in [-0.1, -0.05) is 12.1 Å². The number of carbonyl (C=O) groups excluding carboxylic acids is 1. The van der Waals surface area contributed by atoms with Crippen molar-refractivity contribution in [3.8, 4) is 28.7 Å². The zero-order valence-electron chi connectivity index (χ0n) is 13.2. The van der Waals surface area contributed by atoms with Crippen molar-refractivity contribution in [3.63, 3.8) is 0 Å².